The second-order valence-corrected chi connectivity index (χ2v) is 1.76. The van der Waals surface area contributed by atoms with Crippen LogP contribution in [0.1, 0.15) is 6.92 Å². The Bertz CT molecular complexity index is 243. The standard InChI is InChI=1S/C8H8N2/c1-2-9-10-8-6-4-3-5-7-8/h3-7H,1H3. The van der Waals surface area contributed by atoms with Crippen LogP contribution in [-0.2, 0) is 0 Å². The van der Waals surface area contributed by atoms with E-state index in [9.17, 15) is 0 Å². The van der Waals surface area contributed by atoms with Gasteiger partial charge in [-0.3, -0.25) is 5.43 Å². The van der Waals surface area contributed by atoms with Crippen molar-refractivity contribution in [2.45, 2.75) is 6.92 Å². The van der Waals surface area contributed by atoms with Crippen molar-refractivity contribution in [1.29, 1.82) is 0 Å². The van der Waals surface area contributed by atoms with Crippen LogP contribution in [0.5, 0.6) is 0 Å². The minimum atomic E-state index is 0.858. The predicted octanol–water partition coefficient (Wildman–Crippen LogP) is 2.96. The molecular formula is C8H8N2. The lowest BCUT2D eigenvalue weighted by atomic mass is 10.3. The van der Waals surface area contributed by atoms with Crippen LogP contribution in [-0.4, -0.2) is 0 Å². The molecule has 0 amide bonds. The van der Waals surface area contributed by atoms with E-state index in [0.29, 0.717) is 0 Å². The zero-order chi connectivity index (χ0) is 7.23. The summed E-state index contributed by atoms with van der Waals surface area (Å²) in [6.45, 7) is 1.71. The van der Waals surface area contributed by atoms with Gasteiger partial charge in [0.15, 0.2) is 0 Å². The minimum Gasteiger partial charge on any atom is -0.278 e. The summed E-state index contributed by atoms with van der Waals surface area (Å²) in [5, 5.41) is 0. The minimum absolute atomic E-state index is 0.858. The van der Waals surface area contributed by atoms with Crippen LogP contribution in [0.15, 0.2) is 30.3 Å². The maximum atomic E-state index is 3.84. The first-order valence-electron chi connectivity index (χ1n) is 3.06. The molecule has 2 heteroatoms. The Kier molecular flexibility index (Phi) is 2.33. The Morgan fingerprint density at radius 1 is 1.30 bits per heavy atom. The van der Waals surface area contributed by atoms with Crippen molar-refractivity contribution in [1.82, 2.24) is 0 Å². The molecule has 0 unspecified atom stereocenters. The molecule has 1 aromatic carbocycles. The molecule has 0 radical (unpaired) electrons. The lowest BCUT2D eigenvalue weighted by Gasteiger charge is -1.97. The van der Waals surface area contributed by atoms with E-state index in [2.05, 4.69) is 16.4 Å². The van der Waals surface area contributed by atoms with E-state index < -0.39 is 0 Å². The van der Waals surface area contributed by atoms with Crippen LogP contribution in [0.2, 0.25) is 0 Å². The highest BCUT2D eigenvalue weighted by Crippen LogP contribution is 2.16. The Hall–Kier alpha value is -1.49. The molecule has 0 N–H and O–H groups in total. The zero-order valence-electron chi connectivity index (χ0n) is 5.78. The fourth-order valence-electron chi connectivity index (χ4n) is 0.602. The van der Waals surface area contributed by atoms with E-state index in [1.807, 2.05) is 30.3 Å². The SMILES string of the molecule is CC#[N+][N-]c1ccccc1. The van der Waals surface area contributed by atoms with Crippen molar-refractivity contribution in [3.05, 3.63) is 40.7 Å². The molecule has 0 heterocycles. The Balaban J connectivity index is 2.64. The van der Waals surface area contributed by atoms with Gasteiger partial charge in [0.05, 0.1) is 6.92 Å². The number of rotatable bonds is 1. The Morgan fingerprint density at radius 2 is 2.00 bits per heavy atom. The van der Waals surface area contributed by atoms with Crippen LogP contribution in [0.25, 0.3) is 10.4 Å². The van der Waals surface area contributed by atoms with Gasteiger partial charge in [-0.25, -0.2) is 0 Å². The summed E-state index contributed by atoms with van der Waals surface area (Å²) in [6, 6.07) is 12.1. The predicted molar refractivity (Wildman–Crippen MR) is 42.4 cm³/mol. The Morgan fingerprint density at radius 3 is 2.60 bits per heavy atom. The van der Waals surface area contributed by atoms with Gasteiger partial charge in [0.1, 0.15) is 0 Å². The first-order valence-corrected chi connectivity index (χ1v) is 3.06. The molecule has 0 aliphatic heterocycles. The van der Waals surface area contributed by atoms with Crippen LogP contribution >= 0.6 is 0 Å². The monoisotopic (exact) mass is 132 g/mol. The van der Waals surface area contributed by atoms with Gasteiger partial charge in [0.25, 0.3) is 6.07 Å². The number of hydrogen-bond donors (Lipinski definition) is 0. The topological polar surface area (TPSA) is 18.5 Å². The molecule has 0 aromatic heterocycles. The van der Waals surface area contributed by atoms with E-state index in [-0.39, 0.29) is 0 Å². The lowest BCUT2D eigenvalue weighted by Crippen LogP contribution is -1.59. The van der Waals surface area contributed by atoms with Crippen LogP contribution in [0.3, 0.4) is 0 Å². The molecule has 0 saturated carbocycles. The van der Waals surface area contributed by atoms with Gasteiger partial charge in [-0.05, 0) is 0 Å². The summed E-state index contributed by atoms with van der Waals surface area (Å²) in [4.78, 5) is 3.62. The van der Waals surface area contributed by atoms with Crippen molar-refractivity contribution in [3.63, 3.8) is 0 Å². The lowest BCUT2D eigenvalue weighted by molar-refractivity contribution is 1.66. The summed E-state index contributed by atoms with van der Waals surface area (Å²) in [5.41, 5.74) is 4.70. The average Bonchev–Trinajstić information content (AvgIpc) is 2.03. The van der Waals surface area contributed by atoms with E-state index in [0.717, 1.165) is 5.69 Å². The van der Waals surface area contributed by atoms with E-state index in [1.165, 1.54) is 0 Å². The highest BCUT2D eigenvalue weighted by atomic mass is 15.3. The average molecular weight is 132 g/mol. The Labute approximate surface area is 60.3 Å². The van der Waals surface area contributed by atoms with Gasteiger partial charge in [0, 0.05) is 0 Å². The van der Waals surface area contributed by atoms with Gasteiger partial charge >= 0.3 is 0 Å². The maximum Gasteiger partial charge on any atom is 0.268 e. The van der Waals surface area contributed by atoms with Gasteiger partial charge < -0.3 is 0 Å². The van der Waals surface area contributed by atoms with E-state index in [4.69, 9.17) is 0 Å². The van der Waals surface area contributed by atoms with Crippen LogP contribution in [0.4, 0.5) is 5.69 Å². The zero-order valence-corrected chi connectivity index (χ0v) is 5.78. The normalized spacial score (nSPS) is 7.70. The molecule has 0 fully saturated rings. The molecule has 1 rings (SSSR count). The smallest absolute Gasteiger partial charge is 0.268 e. The van der Waals surface area contributed by atoms with Crippen molar-refractivity contribution in [3.8, 4) is 6.07 Å². The molecule has 0 bridgehead atoms. The molecule has 0 atom stereocenters. The third-order valence-corrected chi connectivity index (χ3v) is 1.02. The second-order valence-electron chi connectivity index (χ2n) is 1.76. The summed E-state index contributed by atoms with van der Waals surface area (Å²) in [7, 11) is 0. The summed E-state index contributed by atoms with van der Waals surface area (Å²) < 4.78 is 0. The van der Waals surface area contributed by atoms with Crippen molar-refractivity contribution >= 4 is 5.69 Å². The van der Waals surface area contributed by atoms with E-state index in [1.54, 1.807) is 6.92 Å². The summed E-state index contributed by atoms with van der Waals surface area (Å²) in [6.07, 6.45) is 0. The molecule has 0 aliphatic carbocycles. The van der Waals surface area contributed by atoms with Gasteiger partial charge in [-0.15, -0.1) is 0 Å². The van der Waals surface area contributed by atoms with Gasteiger partial charge in [-0.2, -0.15) is 0 Å². The number of benzene rings is 1. The molecule has 2 nitrogen and oxygen atoms in total. The fraction of sp³-hybridized carbons (Fsp3) is 0.125. The van der Waals surface area contributed by atoms with E-state index >= 15 is 0 Å². The molecule has 50 valence electrons. The molecular weight excluding hydrogens is 124 g/mol. The second kappa shape index (κ2) is 3.52. The van der Waals surface area contributed by atoms with Crippen molar-refractivity contribution in [2.75, 3.05) is 0 Å². The number of nitrogens with zero attached hydrogens (tertiary/aromatic N) is 2. The van der Waals surface area contributed by atoms with Gasteiger partial charge in [0.2, 0.25) is 0 Å². The summed E-state index contributed by atoms with van der Waals surface area (Å²) >= 11 is 0. The highest BCUT2D eigenvalue weighted by Gasteiger charge is 1.76. The van der Waals surface area contributed by atoms with Crippen LogP contribution in [0, 0.1) is 6.07 Å². The first-order chi connectivity index (χ1) is 4.93. The first kappa shape index (κ1) is 6.63. The molecule has 0 spiro atoms. The van der Waals surface area contributed by atoms with Gasteiger partial charge in [-0.1, -0.05) is 41.0 Å². The third kappa shape index (κ3) is 1.79. The number of hydrogen-bond acceptors (Lipinski definition) is 0. The van der Waals surface area contributed by atoms with Crippen molar-refractivity contribution < 1.29 is 0 Å². The molecule has 1 aromatic rings. The molecule has 10 heavy (non-hydrogen) atoms. The largest absolute Gasteiger partial charge is 0.278 e. The maximum absolute atomic E-state index is 3.84. The quantitative estimate of drug-likeness (QED) is 0.523. The highest BCUT2D eigenvalue weighted by molar-refractivity contribution is 5.49. The van der Waals surface area contributed by atoms with Crippen LogP contribution < -0.4 is 0 Å². The summed E-state index contributed by atoms with van der Waals surface area (Å²) in [5.74, 6) is 0. The molecule has 0 aliphatic rings. The fourth-order valence-corrected chi connectivity index (χ4v) is 0.602. The van der Waals surface area contributed by atoms with Crippen molar-refractivity contribution in [2.24, 2.45) is 0 Å². The third-order valence-electron chi connectivity index (χ3n) is 1.02. The molecule has 0 saturated heterocycles.